The Balaban J connectivity index is 0.000000219. The molecule has 0 bridgehead atoms. The highest BCUT2D eigenvalue weighted by Crippen LogP contribution is 2.37. The van der Waals surface area contributed by atoms with Crippen molar-refractivity contribution in [3.63, 3.8) is 0 Å². The van der Waals surface area contributed by atoms with Crippen molar-refractivity contribution in [1.82, 2.24) is 0 Å². The maximum Gasteiger partial charge on any atom is 0.522 e. The third-order valence-electron chi connectivity index (χ3n) is 8.43. The number of halogens is 3. The number of rotatable bonds is 4. The second-order valence-electron chi connectivity index (χ2n) is 11.8. The fraction of sp³-hybridized carbons (Fsp3) is 0.424. The van der Waals surface area contributed by atoms with Crippen LogP contribution in [0.4, 0.5) is 13.2 Å². The molecule has 16 heteroatoms. The minimum absolute atomic E-state index is 0.446. The lowest BCUT2D eigenvalue weighted by atomic mass is 9.91. The molecule has 268 valence electrons. The molecular formula is C33H39F3N2O7S4. The zero-order chi connectivity index (χ0) is 36.5. The molecule has 0 amide bonds. The molecule has 5 rings (SSSR count). The lowest BCUT2D eigenvalue weighted by Crippen LogP contribution is -2.40. The molecule has 0 aliphatic heterocycles. The van der Waals surface area contributed by atoms with E-state index in [0.29, 0.717) is 25.7 Å². The van der Waals surface area contributed by atoms with E-state index in [1.807, 2.05) is 12.1 Å². The molecule has 2 saturated carbocycles. The van der Waals surface area contributed by atoms with Gasteiger partial charge in [0.2, 0.25) is 0 Å². The van der Waals surface area contributed by atoms with Gasteiger partial charge in [-0.2, -0.15) is 21.6 Å². The van der Waals surface area contributed by atoms with Crippen molar-refractivity contribution in [3.05, 3.63) is 83.9 Å². The van der Waals surface area contributed by atoms with E-state index in [-0.39, 0.29) is 0 Å². The van der Waals surface area contributed by atoms with E-state index in [0.717, 1.165) is 43.4 Å². The van der Waals surface area contributed by atoms with Crippen LogP contribution in [0.15, 0.2) is 77.7 Å². The van der Waals surface area contributed by atoms with Crippen molar-refractivity contribution in [2.24, 2.45) is 0 Å². The van der Waals surface area contributed by atoms with Crippen molar-refractivity contribution in [2.75, 3.05) is 0 Å². The van der Waals surface area contributed by atoms with E-state index in [2.05, 4.69) is 85.0 Å². The summed E-state index contributed by atoms with van der Waals surface area (Å²) in [6.07, 6.45) is 6.79. The molecule has 2 fully saturated rings. The van der Waals surface area contributed by atoms with Crippen molar-refractivity contribution in [1.29, 1.82) is 0 Å². The summed E-state index contributed by atoms with van der Waals surface area (Å²) in [5.74, 6) is 0. The van der Waals surface area contributed by atoms with Gasteiger partial charge in [-0.05, 0) is 66.5 Å². The summed E-state index contributed by atoms with van der Waals surface area (Å²) in [5, 5.41) is -1.45. The smallest absolute Gasteiger partial charge is 0.359 e. The average Bonchev–Trinajstić information content (AvgIpc) is 3.07. The Morgan fingerprint density at radius 2 is 1.10 bits per heavy atom. The van der Waals surface area contributed by atoms with Crippen LogP contribution in [0.2, 0.25) is 0 Å². The van der Waals surface area contributed by atoms with Gasteiger partial charge in [0.25, 0.3) is 19.7 Å². The highest BCUT2D eigenvalue weighted by Gasteiger charge is 2.50. The Labute approximate surface area is 291 Å². The van der Waals surface area contributed by atoms with Crippen molar-refractivity contribution < 1.29 is 47.8 Å². The van der Waals surface area contributed by atoms with Crippen LogP contribution in [0.5, 0.6) is 0 Å². The van der Waals surface area contributed by atoms with Gasteiger partial charge < -0.3 is 5.53 Å². The minimum Gasteiger partial charge on any atom is -0.359 e. The molecule has 2 aliphatic rings. The summed E-state index contributed by atoms with van der Waals surface area (Å²) < 4.78 is 107. The molecule has 9 nitrogen and oxygen atoms in total. The van der Waals surface area contributed by atoms with Gasteiger partial charge in [-0.1, -0.05) is 105 Å². The summed E-state index contributed by atoms with van der Waals surface area (Å²) >= 11 is 4.58. The van der Waals surface area contributed by atoms with E-state index in [4.69, 9.17) is 18.5 Å². The van der Waals surface area contributed by atoms with Crippen LogP contribution in [0.1, 0.15) is 69.8 Å². The van der Waals surface area contributed by atoms with Gasteiger partial charge in [-0.15, -0.1) is 17.4 Å². The van der Waals surface area contributed by atoms with E-state index in [1.54, 1.807) is 0 Å². The van der Waals surface area contributed by atoms with Gasteiger partial charge in [0.05, 0.1) is 10.5 Å². The molecule has 49 heavy (non-hydrogen) atoms. The third-order valence-corrected chi connectivity index (χ3v) is 14.7. The first-order valence-electron chi connectivity index (χ1n) is 15.6. The molecule has 0 spiro atoms. The van der Waals surface area contributed by atoms with E-state index in [9.17, 15) is 30.0 Å². The molecule has 0 aromatic heterocycles. The fourth-order valence-electron chi connectivity index (χ4n) is 5.85. The lowest BCUT2D eigenvalue weighted by molar-refractivity contribution is -0.0510. The number of hydrogen-bond donors (Lipinski definition) is 2. The Kier molecular flexibility index (Phi) is 14.3. The predicted molar refractivity (Wildman–Crippen MR) is 187 cm³/mol. The van der Waals surface area contributed by atoms with Crippen LogP contribution < -0.4 is 0 Å². The molecule has 0 atom stereocenters. The van der Waals surface area contributed by atoms with Gasteiger partial charge in [0.1, 0.15) is 0 Å². The second-order valence-corrected chi connectivity index (χ2v) is 18.2. The molecule has 1 N–H and O–H groups in total. The Morgan fingerprint density at radius 1 is 0.714 bits per heavy atom. The van der Waals surface area contributed by atoms with Gasteiger partial charge in [0, 0.05) is 4.90 Å². The summed E-state index contributed by atoms with van der Waals surface area (Å²) in [6.45, 7) is 2.14. The summed E-state index contributed by atoms with van der Waals surface area (Å²) in [6, 6.07) is 25.3. The second kappa shape index (κ2) is 17.3. The number of alkyl halides is 3. The van der Waals surface area contributed by atoms with Crippen LogP contribution in [-0.2, 0) is 29.8 Å². The molecule has 3 aromatic rings. The summed E-state index contributed by atoms with van der Waals surface area (Å²) in [4.78, 5) is 3.75. The van der Waals surface area contributed by atoms with Crippen molar-refractivity contribution in [2.45, 2.75) is 92.0 Å². The zero-order valence-corrected chi connectivity index (χ0v) is 30.1. The topological polar surface area (TPSA) is 159 Å². The zero-order valence-electron chi connectivity index (χ0n) is 26.8. The van der Waals surface area contributed by atoms with Crippen LogP contribution in [-0.4, -0.2) is 55.0 Å². The van der Waals surface area contributed by atoms with E-state index < -0.39 is 50.2 Å². The van der Waals surface area contributed by atoms with Crippen LogP contribution in [0.3, 0.4) is 0 Å². The van der Waals surface area contributed by atoms with Gasteiger partial charge in [0.15, 0.2) is 0 Å². The first kappa shape index (κ1) is 40.4. The highest BCUT2D eigenvalue weighted by atomic mass is 32.3. The standard InChI is InChI=1S/C19H16S.C13H22N2O4S2.CHF3O3S/c1-14-18(20)13-12-17(15-8-4-2-5-9-15)19(14)16-10-6-3-7-11-16;14-15-13(20(16,17)11-7-3-1-4-8-11)21(18,19)12-9-5-2-6-10-12;2-1(3,4)8(5,6)7/h2-13,20H,1H3;11-12H,1-10H2;(H,5,6,7). The number of benzene rings is 3. The molecule has 2 aliphatic carbocycles. The number of hydrogen-bond acceptors (Lipinski definition) is 7. The number of thiol groups is 1. The van der Waals surface area contributed by atoms with Crippen LogP contribution >= 0.6 is 12.6 Å². The van der Waals surface area contributed by atoms with E-state index >= 15 is 0 Å². The number of sulfone groups is 2. The fourth-order valence-corrected chi connectivity index (χ4v) is 10.9. The molecule has 3 aromatic carbocycles. The predicted octanol–water partition coefficient (Wildman–Crippen LogP) is 8.08. The molecule has 0 saturated heterocycles. The first-order chi connectivity index (χ1) is 22.9. The Hall–Kier alpha value is -3.01. The minimum atomic E-state index is -5.84. The van der Waals surface area contributed by atoms with Crippen LogP contribution in [0, 0.1) is 6.92 Å². The molecule has 0 unspecified atom stereocenters. The maximum absolute atomic E-state index is 12.5. The first-order valence-corrected chi connectivity index (χ1v) is 20.6. The quantitative estimate of drug-likeness (QED) is 0.0517. The number of nitrogens with zero attached hydrogens (tertiary/aromatic N) is 2. The largest absolute Gasteiger partial charge is 0.522 e. The Bertz CT molecular complexity index is 1890. The lowest BCUT2D eigenvalue weighted by Gasteiger charge is -2.22. The molecule has 0 radical (unpaired) electrons. The van der Waals surface area contributed by atoms with Gasteiger partial charge >= 0.3 is 20.0 Å². The maximum atomic E-state index is 12.5. The highest BCUT2D eigenvalue weighted by molar-refractivity contribution is 8.31. The molecule has 0 heterocycles. The summed E-state index contributed by atoms with van der Waals surface area (Å²) in [7, 11) is -14.0. The third kappa shape index (κ3) is 10.5. The molecular weight excluding hydrogens is 722 g/mol. The van der Waals surface area contributed by atoms with Gasteiger partial charge in [-0.3, -0.25) is 4.55 Å². The van der Waals surface area contributed by atoms with Crippen LogP contribution in [0.25, 0.3) is 27.8 Å². The Morgan fingerprint density at radius 3 is 1.47 bits per heavy atom. The SMILES string of the molecule is Cc1c(S)ccc(-c2ccccc2)c1-c1ccccc1.O=S(=O)(O)C(F)(F)F.[N-]=[N+]=C(S(=O)(=O)C1CCCCC1)S(=O)(=O)C1CCCCC1. The van der Waals surface area contributed by atoms with Gasteiger partial charge in [-0.25, -0.2) is 16.8 Å². The average molecular weight is 761 g/mol. The van der Waals surface area contributed by atoms with Crippen molar-refractivity contribution in [3.8, 4) is 22.3 Å². The van der Waals surface area contributed by atoms with E-state index in [1.165, 1.54) is 27.8 Å². The van der Waals surface area contributed by atoms with Crippen molar-refractivity contribution >= 4 is 46.8 Å². The normalized spacial score (nSPS) is 16.3. The monoisotopic (exact) mass is 760 g/mol. The summed E-state index contributed by atoms with van der Waals surface area (Å²) in [5.41, 5.74) is 9.78.